The van der Waals surface area contributed by atoms with Gasteiger partial charge in [0.1, 0.15) is 13.2 Å². The van der Waals surface area contributed by atoms with E-state index in [4.69, 9.17) is 9.47 Å². The summed E-state index contributed by atoms with van der Waals surface area (Å²) in [6, 6.07) is 14.5. The van der Waals surface area contributed by atoms with Crippen molar-refractivity contribution in [3.8, 4) is 11.5 Å². The van der Waals surface area contributed by atoms with E-state index in [0.29, 0.717) is 26.2 Å². The summed E-state index contributed by atoms with van der Waals surface area (Å²) in [5, 5.41) is 4.34. The van der Waals surface area contributed by atoms with Crippen LogP contribution in [0.5, 0.6) is 11.5 Å². The van der Waals surface area contributed by atoms with E-state index in [1.165, 1.54) is 23.1 Å². The first kappa shape index (κ1) is 20.3. The highest BCUT2D eigenvalue weighted by Gasteiger charge is 2.36. The van der Waals surface area contributed by atoms with Crippen LogP contribution < -0.4 is 14.8 Å². The molecule has 1 aromatic heterocycles. The minimum atomic E-state index is -0.00146. The van der Waals surface area contributed by atoms with Crippen LogP contribution in [0.2, 0.25) is 0 Å². The largest absolute Gasteiger partial charge is 0.486 e. The van der Waals surface area contributed by atoms with Gasteiger partial charge in [-0.3, -0.25) is 4.79 Å². The molecule has 1 amide bonds. The van der Waals surface area contributed by atoms with E-state index in [-0.39, 0.29) is 11.3 Å². The fourth-order valence-electron chi connectivity index (χ4n) is 4.78. The van der Waals surface area contributed by atoms with Gasteiger partial charge >= 0.3 is 0 Å². The van der Waals surface area contributed by atoms with Crippen molar-refractivity contribution in [3.05, 3.63) is 53.0 Å². The topological polar surface area (TPSA) is 60.5 Å². The molecule has 0 saturated heterocycles. The molecule has 5 nitrogen and oxygen atoms in total. The van der Waals surface area contributed by atoms with E-state index in [2.05, 4.69) is 28.5 Å². The van der Waals surface area contributed by atoms with Crippen LogP contribution in [0.1, 0.15) is 49.1 Å². The second-order valence-corrected chi connectivity index (χ2v) is 9.67. The van der Waals surface area contributed by atoms with E-state index in [0.717, 1.165) is 47.7 Å². The number of carbonyl (C=O) groups is 1. The molecule has 1 fully saturated rings. The molecule has 0 bridgehead atoms. The molecule has 162 valence electrons. The Morgan fingerprint density at radius 3 is 2.71 bits per heavy atom. The molecule has 1 saturated carbocycles. The lowest BCUT2D eigenvalue weighted by molar-refractivity contribution is -0.121. The molecule has 6 heteroatoms. The summed E-state index contributed by atoms with van der Waals surface area (Å²) < 4.78 is 12.7. The van der Waals surface area contributed by atoms with Crippen LogP contribution in [0.15, 0.2) is 42.5 Å². The molecule has 0 spiro atoms. The number of fused-ring (bicyclic) bond motifs is 2. The smallest absolute Gasteiger partial charge is 0.220 e. The third-order valence-corrected chi connectivity index (χ3v) is 7.57. The SMILES string of the molecule is O=C(CCCc1nc2ccccc2s1)NCC1(c2ccc3c(c2)OCCO3)CCCC1. The number of amides is 1. The lowest BCUT2D eigenvalue weighted by Gasteiger charge is -2.31. The number of nitrogens with one attached hydrogen (secondary N) is 1. The number of para-hydroxylation sites is 1. The third-order valence-electron chi connectivity index (χ3n) is 6.47. The van der Waals surface area contributed by atoms with Gasteiger partial charge in [0.15, 0.2) is 11.5 Å². The average molecular weight is 437 g/mol. The Labute approximate surface area is 186 Å². The zero-order valence-corrected chi connectivity index (χ0v) is 18.5. The first-order valence-electron chi connectivity index (χ1n) is 11.2. The summed E-state index contributed by atoms with van der Waals surface area (Å²) in [5.74, 6) is 1.78. The molecule has 0 unspecified atom stereocenters. The van der Waals surface area contributed by atoms with E-state index < -0.39 is 0 Å². The lowest BCUT2D eigenvalue weighted by atomic mass is 9.78. The standard InChI is InChI=1S/C25H28N2O3S/c28-23(8-5-9-24-27-19-6-1-2-7-22(19)31-24)26-17-25(12-3-4-13-25)18-10-11-20-21(16-18)30-15-14-29-20/h1-2,6-7,10-11,16H,3-5,8-9,12-15,17H2,(H,26,28). The van der Waals surface area contributed by atoms with Crippen LogP contribution in [0.4, 0.5) is 0 Å². The van der Waals surface area contributed by atoms with E-state index in [1.54, 1.807) is 11.3 Å². The first-order valence-corrected chi connectivity index (χ1v) is 12.0. The number of nitrogens with zero attached hydrogens (tertiary/aromatic N) is 1. The highest BCUT2D eigenvalue weighted by molar-refractivity contribution is 7.18. The van der Waals surface area contributed by atoms with Crippen LogP contribution in [-0.4, -0.2) is 30.6 Å². The molecule has 31 heavy (non-hydrogen) atoms. The van der Waals surface area contributed by atoms with Gasteiger partial charge in [-0.05, 0) is 55.5 Å². The van der Waals surface area contributed by atoms with Gasteiger partial charge in [-0.25, -0.2) is 4.98 Å². The zero-order chi connectivity index (χ0) is 21.1. The molecule has 1 aliphatic heterocycles. The Morgan fingerprint density at radius 1 is 1.06 bits per heavy atom. The number of thiazole rings is 1. The first-order chi connectivity index (χ1) is 15.2. The molecular weight excluding hydrogens is 408 g/mol. The maximum absolute atomic E-state index is 12.6. The van der Waals surface area contributed by atoms with Crippen molar-refractivity contribution < 1.29 is 14.3 Å². The minimum absolute atomic E-state index is 0.00146. The molecule has 0 atom stereocenters. The predicted molar refractivity (Wildman–Crippen MR) is 123 cm³/mol. The van der Waals surface area contributed by atoms with Crippen molar-refractivity contribution in [2.75, 3.05) is 19.8 Å². The van der Waals surface area contributed by atoms with Crippen LogP contribution in [0.3, 0.4) is 0 Å². The number of ether oxygens (including phenoxy) is 2. The van der Waals surface area contributed by atoms with Gasteiger partial charge in [0, 0.05) is 18.4 Å². The molecule has 1 aliphatic carbocycles. The van der Waals surface area contributed by atoms with E-state index >= 15 is 0 Å². The normalized spacial score (nSPS) is 17.0. The van der Waals surface area contributed by atoms with Gasteiger partial charge in [-0.15, -0.1) is 11.3 Å². The summed E-state index contributed by atoms with van der Waals surface area (Å²) in [6.07, 6.45) is 6.79. The van der Waals surface area contributed by atoms with Gasteiger partial charge in [-0.1, -0.05) is 31.0 Å². The molecular formula is C25H28N2O3S. The molecule has 1 N–H and O–H groups in total. The number of hydrogen-bond acceptors (Lipinski definition) is 5. The second kappa shape index (κ2) is 8.87. The Hall–Kier alpha value is -2.60. The lowest BCUT2D eigenvalue weighted by Crippen LogP contribution is -2.39. The number of carbonyl (C=O) groups excluding carboxylic acids is 1. The Balaban J connectivity index is 1.17. The fraction of sp³-hybridized carbons (Fsp3) is 0.440. The van der Waals surface area contributed by atoms with Crippen LogP contribution >= 0.6 is 11.3 Å². The third kappa shape index (κ3) is 4.40. The maximum Gasteiger partial charge on any atom is 0.220 e. The number of benzene rings is 2. The Bertz CT molecular complexity index is 1040. The van der Waals surface area contributed by atoms with Crippen molar-refractivity contribution in [1.82, 2.24) is 10.3 Å². The number of rotatable bonds is 7. The highest BCUT2D eigenvalue weighted by atomic mass is 32.1. The van der Waals surface area contributed by atoms with Crippen molar-refractivity contribution >= 4 is 27.5 Å². The minimum Gasteiger partial charge on any atom is -0.486 e. The number of aryl methyl sites for hydroxylation is 1. The quantitative estimate of drug-likeness (QED) is 0.565. The van der Waals surface area contributed by atoms with Gasteiger partial charge in [0.2, 0.25) is 5.91 Å². The Kier molecular flexibility index (Phi) is 5.81. The predicted octanol–water partition coefficient (Wildman–Crippen LogP) is 5.02. The molecule has 3 aromatic rings. The summed E-state index contributed by atoms with van der Waals surface area (Å²) >= 11 is 1.73. The summed E-state index contributed by atoms with van der Waals surface area (Å²) in [6.45, 7) is 1.88. The second-order valence-electron chi connectivity index (χ2n) is 8.55. The van der Waals surface area contributed by atoms with Crippen LogP contribution in [0.25, 0.3) is 10.2 Å². The van der Waals surface area contributed by atoms with Crippen molar-refractivity contribution in [2.24, 2.45) is 0 Å². The molecule has 2 aliphatic rings. The van der Waals surface area contributed by atoms with E-state index in [9.17, 15) is 4.79 Å². The average Bonchev–Trinajstić information content (AvgIpc) is 3.45. The summed E-state index contributed by atoms with van der Waals surface area (Å²) in [4.78, 5) is 17.3. The van der Waals surface area contributed by atoms with Gasteiger partial charge in [0.25, 0.3) is 0 Å². The van der Waals surface area contributed by atoms with Gasteiger partial charge in [0.05, 0.1) is 15.2 Å². The van der Waals surface area contributed by atoms with Gasteiger partial charge in [-0.2, -0.15) is 0 Å². The van der Waals surface area contributed by atoms with Crippen molar-refractivity contribution in [1.29, 1.82) is 0 Å². The Morgan fingerprint density at radius 2 is 1.87 bits per heavy atom. The van der Waals surface area contributed by atoms with Gasteiger partial charge < -0.3 is 14.8 Å². The van der Waals surface area contributed by atoms with Crippen molar-refractivity contribution in [2.45, 2.75) is 50.4 Å². The highest BCUT2D eigenvalue weighted by Crippen LogP contribution is 2.43. The van der Waals surface area contributed by atoms with Crippen molar-refractivity contribution in [3.63, 3.8) is 0 Å². The van der Waals surface area contributed by atoms with E-state index in [1.807, 2.05) is 24.3 Å². The fourth-order valence-corrected chi connectivity index (χ4v) is 5.78. The molecule has 2 aromatic carbocycles. The van der Waals surface area contributed by atoms with Crippen LogP contribution in [-0.2, 0) is 16.6 Å². The molecule has 5 rings (SSSR count). The number of aromatic nitrogens is 1. The monoisotopic (exact) mass is 436 g/mol. The number of hydrogen-bond donors (Lipinski definition) is 1. The zero-order valence-electron chi connectivity index (χ0n) is 17.7. The molecule has 2 heterocycles. The van der Waals surface area contributed by atoms with Crippen LogP contribution in [0, 0.1) is 0 Å². The summed E-state index contributed by atoms with van der Waals surface area (Å²) in [7, 11) is 0. The maximum atomic E-state index is 12.6. The molecule has 0 radical (unpaired) electrons. The summed E-state index contributed by atoms with van der Waals surface area (Å²) in [5.41, 5.74) is 2.30.